The molecule has 0 atom stereocenters. The van der Waals surface area contributed by atoms with Crippen LogP contribution in [-0.2, 0) is 4.79 Å². The van der Waals surface area contributed by atoms with Crippen LogP contribution < -0.4 is 15.4 Å². The molecular weight excluding hydrogens is 335 g/mol. The summed E-state index contributed by atoms with van der Waals surface area (Å²) in [7, 11) is 0. The van der Waals surface area contributed by atoms with E-state index in [2.05, 4.69) is 10.6 Å². The molecule has 2 aromatic rings. The van der Waals surface area contributed by atoms with E-state index in [1.807, 2.05) is 38.1 Å². The molecule has 0 radical (unpaired) electrons. The zero-order valence-electron chi connectivity index (χ0n) is 12.9. The van der Waals surface area contributed by atoms with Gasteiger partial charge in [0.15, 0.2) is 0 Å². The molecule has 0 aliphatic rings. The smallest absolute Gasteiger partial charge is 0.243 e. The van der Waals surface area contributed by atoms with Gasteiger partial charge < -0.3 is 15.4 Å². The third-order valence-corrected chi connectivity index (χ3v) is 3.44. The number of hydrogen-bond donors (Lipinski definition) is 2. The topological polar surface area (TPSA) is 50.4 Å². The van der Waals surface area contributed by atoms with Crippen molar-refractivity contribution in [2.24, 2.45) is 0 Å². The molecule has 4 nitrogen and oxygen atoms in total. The number of halogens is 2. The Balaban J connectivity index is 1.97. The van der Waals surface area contributed by atoms with Crippen molar-refractivity contribution in [3.05, 3.63) is 52.5 Å². The highest BCUT2D eigenvalue weighted by molar-refractivity contribution is 6.36. The summed E-state index contributed by atoms with van der Waals surface area (Å²) in [5.74, 6) is 0.494. The quantitative estimate of drug-likeness (QED) is 0.782. The van der Waals surface area contributed by atoms with Crippen LogP contribution >= 0.6 is 23.2 Å². The first kappa shape index (κ1) is 17.4. The number of carbonyl (C=O) groups is 1. The van der Waals surface area contributed by atoms with Gasteiger partial charge in [0.1, 0.15) is 5.75 Å². The minimum absolute atomic E-state index is 0.0552. The Kier molecular flexibility index (Phi) is 6.13. The number of ether oxygens (including phenoxy) is 1. The fourth-order valence-corrected chi connectivity index (χ4v) is 2.39. The van der Waals surface area contributed by atoms with Crippen molar-refractivity contribution in [3.63, 3.8) is 0 Å². The largest absolute Gasteiger partial charge is 0.489 e. The van der Waals surface area contributed by atoms with Crippen molar-refractivity contribution in [1.29, 1.82) is 0 Å². The Morgan fingerprint density at radius 2 is 1.87 bits per heavy atom. The molecule has 0 fully saturated rings. The molecule has 6 heteroatoms. The van der Waals surface area contributed by atoms with Gasteiger partial charge in [-0.3, -0.25) is 4.79 Å². The van der Waals surface area contributed by atoms with Crippen LogP contribution in [0.5, 0.6) is 5.75 Å². The van der Waals surface area contributed by atoms with E-state index >= 15 is 0 Å². The zero-order chi connectivity index (χ0) is 16.8. The third kappa shape index (κ3) is 5.34. The van der Waals surface area contributed by atoms with E-state index in [4.69, 9.17) is 27.9 Å². The van der Waals surface area contributed by atoms with E-state index in [1.54, 1.807) is 18.2 Å². The lowest BCUT2D eigenvalue weighted by Crippen LogP contribution is -2.22. The number of anilines is 2. The number of benzene rings is 2. The monoisotopic (exact) mass is 352 g/mol. The number of nitrogens with one attached hydrogen (secondary N) is 2. The van der Waals surface area contributed by atoms with Gasteiger partial charge in [-0.15, -0.1) is 0 Å². The predicted octanol–water partition coefficient (Wildman–Crippen LogP) is 4.83. The summed E-state index contributed by atoms with van der Waals surface area (Å²) >= 11 is 11.9. The third-order valence-electron chi connectivity index (χ3n) is 2.89. The SMILES string of the molecule is CC(C)Oc1ccccc1NCC(=O)Nc1ccc(Cl)cc1Cl. The first-order valence-corrected chi connectivity index (χ1v) is 7.96. The van der Waals surface area contributed by atoms with Crippen LogP contribution in [-0.4, -0.2) is 18.6 Å². The Labute approximate surface area is 145 Å². The van der Waals surface area contributed by atoms with Crippen LogP contribution in [0.3, 0.4) is 0 Å². The molecule has 0 bridgehead atoms. The van der Waals surface area contributed by atoms with Crippen molar-refractivity contribution < 1.29 is 9.53 Å². The number of rotatable bonds is 6. The average Bonchev–Trinajstić information content (AvgIpc) is 2.49. The fourth-order valence-electron chi connectivity index (χ4n) is 1.93. The molecule has 2 aromatic carbocycles. The second kappa shape index (κ2) is 8.09. The maximum atomic E-state index is 12.1. The Morgan fingerprint density at radius 3 is 2.57 bits per heavy atom. The molecule has 0 unspecified atom stereocenters. The van der Waals surface area contributed by atoms with E-state index in [0.29, 0.717) is 21.5 Å². The molecule has 1 amide bonds. The molecule has 0 saturated carbocycles. The number of carbonyl (C=O) groups excluding carboxylic acids is 1. The minimum Gasteiger partial charge on any atom is -0.489 e. The number of para-hydroxylation sites is 2. The second-order valence-electron chi connectivity index (χ2n) is 5.19. The summed E-state index contributed by atoms with van der Waals surface area (Å²) in [5, 5.41) is 6.72. The minimum atomic E-state index is -0.214. The molecule has 2 N–H and O–H groups in total. The number of amides is 1. The van der Waals surface area contributed by atoms with Gasteiger partial charge in [-0.2, -0.15) is 0 Å². The van der Waals surface area contributed by atoms with Crippen LogP contribution in [0.25, 0.3) is 0 Å². The van der Waals surface area contributed by atoms with Crippen molar-refractivity contribution >= 4 is 40.5 Å². The summed E-state index contributed by atoms with van der Waals surface area (Å²) in [6.07, 6.45) is 0.0552. The van der Waals surface area contributed by atoms with Gasteiger partial charge in [-0.05, 0) is 44.2 Å². The highest BCUT2D eigenvalue weighted by Gasteiger charge is 2.09. The molecular formula is C17H18Cl2N2O2. The van der Waals surface area contributed by atoms with Crippen LogP contribution in [0.15, 0.2) is 42.5 Å². The fraction of sp³-hybridized carbons (Fsp3) is 0.235. The molecule has 0 spiro atoms. The highest BCUT2D eigenvalue weighted by Crippen LogP contribution is 2.26. The van der Waals surface area contributed by atoms with E-state index < -0.39 is 0 Å². The summed E-state index contributed by atoms with van der Waals surface area (Å²) in [4.78, 5) is 12.1. The van der Waals surface area contributed by atoms with E-state index in [9.17, 15) is 4.79 Å². The lowest BCUT2D eigenvalue weighted by atomic mass is 10.3. The van der Waals surface area contributed by atoms with Crippen molar-refractivity contribution in [3.8, 4) is 5.75 Å². The molecule has 23 heavy (non-hydrogen) atoms. The van der Waals surface area contributed by atoms with Crippen LogP contribution in [0.4, 0.5) is 11.4 Å². The predicted molar refractivity (Wildman–Crippen MR) is 95.8 cm³/mol. The highest BCUT2D eigenvalue weighted by atomic mass is 35.5. The normalized spacial score (nSPS) is 10.5. The van der Waals surface area contributed by atoms with Gasteiger partial charge >= 0.3 is 0 Å². The Hall–Kier alpha value is -1.91. The molecule has 0 saturated heterocycles. The van der Waals surface area contributed by atoms with E-state index in [0.717, 1.165) is 5.69 Å². The lowest BCUT2D eigenvalue weighted by molar-refractivity contribution is -0.114. The van der Waals surface area contributed by atoms with Gasteiger partial charge in [0.2, 0.25) is 5.91 Å². The van der Waals surface area contributed by atoms with Crippen molar-refractivity contribution in [1.82, 2.24) is 0 Å². The Bertz CT molecular complexity index is 690. The van der Waals surface area contributed by atoms with E-state index in [1.165, 1.54) is 0 Å². The zero-order valence-corrected chi connectivity index (χ0v) is 14.4. The molecule has 0 heterocycles. The second-order valence-corrected chi connectivity index (χ2v) is 6.03. The van der Waals surface area contributed by atoms with Gasteiger partial charge in [0.25, 0.3) is 0 Å². The summed E-state index contributed by atoms with van der Waals surface area (Å²) in [6, 6.07) is 12.4. The molecule has 0 aromatic heterocycles. The van der Waals surface area contributed by atoms with Crippen LogP contribution in [0.2, 0.25) is 10.0 Å². The molecule has 0 aliphatic carbocycles. The maximum absolute atomic E-state index is 12.1. The van der Waals surface area contributed by atoms with Crippen molar-refractivity contribution in [2.45, 2.75) is 20.0 Å². The van der Waals surface area contributed by atoms with E-state index in [-0.39, 0.29) is 18.6 Å². The summed E-state index contributed by atoms with van der Waals surface area (Å²) in [6.45, 7) is 4.00. The van der Waals surface area contributed by atoms with Crippen molar-refractivity contribution in [2.75, 3.05) is 17.2 Å². The van der Waals surface area contributed by atoms with Gasteiger partial charge in [0, 0.05) is 5.02 Å². The summed E-state index contributed by atoms with van der Waals surface area (Å²) < 4.78 is 5.70. The molecule has 122 valence electrons. The molecule has 0 aliphatic heterocycles. The van der Waals surface area contributed by atoms with Gasteiger partial charge in [-0.25, -0.2) is 0 Å². The maximum Gasteiger partial charge on any atom is 0.243 e. The average molecular weight is 353 g/mol. The van der Waals surface area contributed by atoms with Gasteiger partial charge in [0.05, 0.1) is 29.0 Å². The number of hydrogen-bond acceptors (Lipinski definition) is 3. The first-order valence-electron chi connectivity index (χ1n) is 7.20. The summed E-state index contributed by atoms with van der Waals surface area (Å²) in [5.41, 5.74) is 1.29. The molecule has 2 rings (SSSR count). The lowest BCUT2D eigenvalue weighted by Gasteiger charge is -2.15. The van der Waals surface area contributed by atoms with Crippen LogP contribution in [0, 0.1) is 0 Å². The first-order chi connectivity index (χ1) is 11.0. The Morgan fingerprint density at radius 1 is 1.13 bits per heavy atom. The van der Waals surface area contributed by atoms with Gasteiger partial charge in [-0.1, -0.05) is 35.3 Å². The van der Waals surface area contributed by atoms with Crippen LogP contribution in [0.1, 0.15) is 13.8 Å². The standard InChI is InChI=1S/C17H18Cl2N2O2/c1-11(2)23-16-6-4-3-5-15(16)20-10-17(22)21-14-8-7-12(18)9-13(14)19/h3-9,11,20H,10H2,1-2H3,(H,21,22).